The number of ether oxygens (including phenoxy) is 1. The van der Waals surface area contributed by atoms with Crippen LogP contribution in [0.15, 0.2) is 48.5 Å². The van der Waals surface area contributed by atoms with Gasteiger partial charge in [0.1, 0.15) is 6.61 Å². The number of aliphatic carboxylic acids is 1. The molecule has 10 heteroatoms. The summed E-state index contributed by atoms with van der Waals surface area (Å²) >= 11 is 0. The molecule has 0 aliphatic heterocycles. The number of alkyl halides is 3. The fraction of sp³-hybridized carbons (Fsp3) is 0.400. The van der Waals surface area contributed by atoms with Crippen LogP contribution in [0, 0.1) is 5.92 Å². The summed E-state index contributed by atoms with van der Waals surface area (Å²) < 4.78 is 45.9. The zero-order valence-corrected chi connectivity index (χ0v) is 18.7. The van der Waals surface area contributed by atoms with Gasteiger partial charge in [-0.2, -0.15) is 13.2 Å². The summed E-state index contributed by atoms with van der Waals surface area (Å²) in [6.07, 6.45) is -5.35. The highest BCUT2D eigenvalue weighted by Crippen LogP contribution is 2.44. The van der Waals surface area contributed by atoms with E-state index in [-0.39, 0.29) is 31.3 Å². The summed E-state index contributed by atoms with van der Waals surface area (Å²) in [6.45, 7) is -0.189. The molecule has 1 saturated carbocycles. The minimum Gasteiger partial charge on any atom is -0.481 e. The van der Waals surface area contributed by atoms with Gasteiger partial charge in [0.2, 0.25) is 6.04 Å². The molecule has 1 unspecified atom stereocenters. The van der Waals surface area contributed by atoms with Gasteiger partial charge in [-0.15, -0.1) is 0 Å². The minimum atomic E-state index is -5.03. The first-order valence-corrected chi connectivity index (χ1v) is 11.3. The highest BCUT2D eigenvalue weighted by molar-refractivity contribution is 5.87. The maximum atomic E-state index is 13.6. The molecule has 2 aliphatic rings. The summed E-state index contributed by atoms with van der Waals surface area (Å²) in [5.41, 5.74) is 3.76. The van der Waals surface area contributed by atoms with E-state index >= 15 is 0 Å². The third-order valence-corrected chi connectivity index (χ3v) is 6.55. The average Bonchev–Trinajstić information content (AvgIpc) is 3.36. The van der Waals surface area contributed by atoms with Crippen LogP contribution in [-0.2, 0) is 14.3 Å². The molecular formula is C25H25F3N2O5. The Morgan fingerprint density at radius 2 is 1.60 bits per heavy atom. The lowest BCUT2D eigenvalue weighted by atomic mass is 9.98. The number of amides is 2. The van der Waals surface area contributed by atoms with Crippen LogP contribution in [0.4, 0.5) is 18.0 Å². The lowest BCUT2D eigenvalue weighted by molar-refractivity contribution is -0.168. The Morgan fingerprint density at radius 1 is 1.00 bits per heavy atom. The van der Waals surface area contributed by atoms with Gasteiger partial charge in [-0.05, 0) is 47.4 Å². The van der Waals surface area contributed by atoms with E-state index < -0.39 is 36.2 Å². The topological polar surface area (TPSA) is 105 Å². The SMILES string of the molecule is O=C(O)C[C@H]1CC[C@@H](NC(=O)C(NC(=O)OCC2c3ccccc3-c3ccccc32)C(F)(F)F)C1. The summed E-state index contributed by atoms with van der Waals surface area (Å²) in [4.78, 5) is 35.5. The summed E-state index contributed by atoms with van der Waals surface area (Å²) in [5.74, 6) is -2.94. The molecule has 2 aliphatic carbocycles. The van der Waals surface area contributed by atoms with Gasteiger partial charge in [0.25, 0.3) is 5.91 Å². The third-order valence-electron chi connectivity index (χ3n) is 6.55. The fourth-order valence-corrected chi connectivity index (χ4v) is 4.98. The van der Waals surface area contributed by atoms with Crippen LogP contribution >= 0.6 is 0 Å². The molecular weight excluding hydrogens is 465 g/mol. The number of halogens is 3. The quantitative estimate of drug-likeness (QED) is 0.539. The molecule has 35 heavy (non-hydrogen) atoms. The molecule has 2 amide bonds. The molecule has 7 nitrogen and oxygen atoms in total. The van der Waals surface area contributed by atoms with Crippen molar-refractivity contribution in [2.45, 2.75) is 49.9 Å². The number of nitrogens with one attached hydrogen (secondary N) is 2. The number of fused-ring (bicyclic) bond motifs is 3. The molecule has 0 aromatic heterocycles. The van der Waals surface area contributed by atoms with Gasteiger partial charge in [-0.1, -0.05) is 48.5 Å². The number of hydrogen-bond donors (Lipinski definition) is 3. The van der Waals surface area contributed by atoms with Gasteiger partial charge < -0.3 is 20.5 Å². The number of alkyl carbamates (subject to hydrolysis) is 1. The van der Waals surface area contributed by atoms with Gasteiger partial charge in [0.15, 0.2) is 0 Å². The normalized spacial score (nSPS) is 20.0. The first-order valence-electron chi connectivity index (χ1n) is 11.3. The number of carbonyl (C=O) groups is 3. The van der Waals surface area contributed by atoms with Gasteiger partial charge in [0.05, 0.1) is 0 Å². The standard InChI is InChI=1S/C25H25F3N2O5/c26-25(27,28)22(23(33)29-15-10-9-14(11-15)12-21(31)32)30-24(34)35-13-20-18-7-3-1-5-16(18)17-6-2-4-8-19(17)20/h1-8,14-15,20,22H,9-13H2,(H,29,33)(H,30,34)(H,31,32)/t14-,15+,22?/m0/s1. The molecule has 3 N–H and O–H groups in total. The number of rotatable bonds is 7. The van der Waals surface area contributed by atoms with Crippen LogP contribution < -0.4 is 10.6 Å². The van der Waals surface area contributed by atoms with Gasteiger partial charge in [-0.3, -0.25) is 9.59 Å². The lowest BCUT2D eigenvalue weighted by Gasteiger charge is -2.23. The lowest BCUT2D eigenvalue weighted by Crippen LogP contribution is -2.56. The minimum absolute atomic E-state index is 0.104. The second-order valence-electron chi connectivity index (χ2n) is 8.93. The molecule has 0 spiro atoms. The molecule has 2 aromatic rings. The summed E-state index contributed by atoms with van der Waals surface area (Å²) in [6, 6.07) is 11.7. The van der Waals surface area contributed by atoms with Crippen molar-refractivity contribution in [2.75, 3.05) is 6.61 Å². The Balaban J connectivity index is 1.37. The first-order chi connectivity index (χ1) is 16.6. The number of hydrogen-bond acceptors (Lipinski definition) is 4. The van der Waals surface area contributed by atoms with Crippen molar-refractivity contribution >= 4 is 18.0 Å². The van der Waals surface area contributed by atoms with E-state index in [9.17, 15) is 27.6 Å². The Bertz CT molecular complexity index is 1070. The van der Waals surface area contributed by atoms with E-state index in [1.54, 1.807) is 5.32 Å². The zero-order valence-electron chi connectivity index (χ0n) is 18.7. The van der Waals surface area contributed by atoms with Crippen molar-refractivity contribution in [3.05, 3.63) is 59.7 Å². The van der Waals surface area contributed by atoms with E-state index in [1.807, 2.05) is 48.5 Å². The van der Waals surface area contributed by atoms with E-state index in [2.05, 4.69) is 5.32 Å². The maximum absolute atomic E-state index is 13.6. The second kappa shape index (κ2) is 9.97. The predicted molar refractivity (Wildman–Crippen MR) is 120 cm³/mol. The molecule has 3 atom stereocenters. The molecule has 1 fully saturated rings. The number of carboxylic acids is 1. The van der Waals surface area contributed by atoms with Crippen LogP contribution in [0.25, 0.3) is 11.1 Å². The maximum Gasteiger partial charge on any atom is 0.417 e. The van der Waals surface area contributed by atoms with Crippen molar-refractivity contribution < 1.29 is 37.4 Å². The summed E-state index contributed by atoms with van der Waals surface area (Å²) in [5, 5.41) is 12.8. The Kier molecular flexibility index (Phi) is 7.00. The molecule has 0 radical (unpaired) electrons. The van der Waals surface area contributed by atoms with Crippen LogP contribution in [0.5, 0.6) is 0 Å². The van der Waals surface area contributed by atoms with Crippen LogP contribution in [-0.4, -0.2) is 47.9 Å². The Hall–Kier alpha value is -3.56. The smallest absolute Gasteiger partial charge is 0.417 e. The molecule has 2 aromatic carbocycles. The van der Waals surface area contributed by atoms with E-state index in [1.165, 1.54) is 0 Å². The predicted octanol–water partition coefficient (Wildman–Crippen LogP) is 4.22. The first kappa shape index (κ1) is 24.6. The Labute approximate surface area is 199 Å². The molecule has 0 heterocycles. The number of benzene rings is 2. The largest absolute Gasteiger partial charge is 0.481 e. The molecule has 186 valence electrons. The number of carbonyl (C=O) groups excluding carboxylic acids is 2. The zero-order chi connectivity index (χ0) is 25.2. The van der Waals surface area contributed by atoms with E-state index in [4.69, 9.17) is 9.84 Å². The van der Waals surface area contributed by atoms with Gasteiger partial charge in [0, 0.05) is 18.4 Å². The van der Waals surface area contributed by atoms with E-state index in [0.717, 1.165) is 22.3 Å². The van der Waals surface area contributed by atoms with Crippen LogP contribution in [0.2, 0.25) is 0 Å². The van der Waals surface area contributed by atoms with Gasteiger partial charge >= 0.3 is 18.2 Å². The fourth-order valence-electron chi connectivity index (χ4n) is 4.98. The van der Waals surface area contributed by atoms with Crippen molar-refractivity contribution in [2.24, 2.45) is 5.92 Å². The monoisotopic (exact) mass is 490 g/mol. The van der Waals surface area contributed by atoms with E-state index in [0.29, 0.717) is 12.8 Å². The van der Waals surface area contributed by atoms with Crippen molar-refractivity contribution in [3.63, 3.8) is 0 Å². The van der Waals surface area contributed by atoms with Crippen molar-refractivity contribution in [1.29, 1.82) is 0 Å². The van der Waals surface area contributed by atoms with Crippen molar-refractivity contribution in [3.8, 4) is 11.1 Å². The van der Waals surface area contributed by atoms with Gasteiger partial charge in [-0.25, -0.2) is 4.79 Å². The highest BCUT2D eigenvalue weighted by Gasteiger charge is 2.47. The molecule has 0 bridgehead atoms. The molecule has 0 saturated heterocycles. The van der Waals surface area contributed by atoms with Crippen LogP contribution in [0.3, 0.4) is 0 Å². The average molecular weight is 490 g/mol. The number of carboxylic acid groups (broad SMARTS) is 1. The van der Waals surface area contributed by atoms with Crippen molar-refractivity contribution in [1.82, 2.24) is 10.6 Å². The highest BCUT2D eigenvalue weighted by atomic mass is 19.4. The Morgan fingerprint density at radius 3 is 2.17 bits per heavy atom. The van der Waals surface area contributed by atoms with Crippen LogP contribution in [0.1, 0.15) is 42.7 Å². The molecule has 4 rings (SSSR count). The second-order valence-corrected chi connectivity index (χ2v) is 8.93. The third kappa shape index (κ3) is 5.58. The summed E-state index contributed by atoms with van der Waals surface area (Å²) in [7, 11) is 0.